The van der Waals surface area contributed by atoms with Crippen LogP contribution < -0.4 is 15.5 Å². The Hall–Kier alpha value is -2.68. The van der Waals surface area contributed by atoms with Gasteiger partial charge in [0.25, 0.3) is 0 Å². The Labute approximate surface area is 182 Å². The molecule has 168 valence electrons. The van der Waals surface area contributed by atoms with Crippen LogP contribution in [0.15, 0.2) is 17.4 Å². The Balaban J connectivity index is 1.55. The van der Waals surface area contributed by atoms with Crippen molar-refractivity contribution in [3.8, 4) is 5.88 Å². The lowest BCUT2D eigenvalue weighted by atomic mass is 10.0. The number of pyridine rings is 1. The predicted octanol–water partition coefficient (Wildman–Crippen LogP) is 2.12. The highest BCUT2D eigenvalue weighted by atomic mass is 16.5. The van der Waals surface area contributed by atoms with Crippen LogP contribution in [0, 0.1) is 5.92 Å². The van der Waals surface area contributed by atoms with Gasteiger partial charge in [0.05, 0.1) is 16.6 Å². The highest BCUT2D eigenvalue weighted by molar-refractivity contribution is 5.90. The van der Waals surface area contributed by atoms with E-state index in [1.54, 1.807) is 4.68 Å². The number of aryl methyl sites for hydroxylation is 1. The molecule has 2 aromatic rings. The van der Waals surface area contributed by atoms with Crippen molar-refractivity contribution < 1.29 is 14.3 Å². The topological polar surface area (TPSA) is 103 Å². The number of fused-ring (bicyclic) bond motifs is 1. The zero-order valence-electron chi connectivity index (χ0n) is 18.7. The number of carbonyl (C=O) groups excluding carboxylic acids is 1. The summed E-state index contributed by atoms with van der Waals surface area (Å²) in [4.78, 5) is 16.4. The maximum Gasteiger partial charge on any atom is 0.225 e. The normalized spacial score (nSPS) is 22.4. The molecule has 2 unspecified atom stereocenters. The third-order valence-corrected chi connectivity index (χ3v) is 6.29. The van der Waals surface area contributed by atoms with E-state index in [2.05, 4.69) is 27.9 Å². The van der Waals surface area contributed by atoms with Crippen molar-refractivity contribution in [3.63, 3.8) is 0 Å². The van der Waals surface area contributed by atoms with Gasteiger partial charge in [-0.15, -0.1) is 0 Å². The zero-order chi connectivity index (χ0) is 22.0. The van der Waals surface area contributed by atoms with Crippen molar-refractivity contribution >= 4 is 22.5 Å². The van der Waals surface area contributed by atoms with E-state index in [4.69, 9.17) is 14.5 Å². The standard InChI is InChI=1S/C22H32N6O3/c1-13(14(2)25-26-17-5-7-30-8-6-17)19-10-20-18(12-28(4)27-20)22(24-19)31-15(3)16-9-21(29)23-11-16/h10,12-13,15-17,26H,5-9,11H2,1-4H3,(H,23,29)/b25-14-/t13-,15?,16?/m0/s1. The lowest BCUT2D eigenvalue weighted by Crippen LogP contribution is -2.32. The Kier molecular flexibility index (Phi) is 6.41. The summed E-state index contributed by atoms with van der Waals surface area (Å²) in [6, 6.07) is 2.36. The number of nitrogens with one attached hydrogen (secondary N) is 2. The van der Waals surface area contributed by atoms with Gasteiger partial charge in [0.15, 0.2) is 0 Å². The van der Waals surface area contributed by atoms with Crippen molar-refractivity contribution in [3.05, 3.63) is 18.0 Å². The second-order valence-electron chi connectivity index (χ2n) is 8.67. The van der Waals surface area contributed by atoms with Gasteiger partial charge in [-0.2, -0.15) is 10.2 Å². The van der Waals surface area contributed by atoms with E-state index < -0.39 is 0 Å². The number of nitrogens with zero attached hydrogens (tertiary/aromatic N) is 4. The zero-order valence-corrected chi connectivity index (χ0v) is 18.7. The van der Waals surface area contributed by atoms with Gasteiger partial charge >= 0.3 is 0 Å². The number of amides is 1. The van der Waals surface area contributed by atoms with Gasteiger partial charge in [0.2, 0.25) is 11.8 Å². The first-order valence-electron chi connectivity index (χ1n) is 11.1. The first-order valence-corrected chi connectivity index (χ1v) is 11.1. The monoisotopic (exact) mass is 428 g/mol. The van der Waals surface area contributed by atoms with Crippen LogP contribution in [0.2, 0.25) is 0 Å². The molecule has 0 aromatic carbocycles. The van der Waals surface area contributed by atoms with E-state index in [0.29, 0.717) is 24.9 Å². The molecule has 2 aromatic heterocycles. The SMILES string of the molecule is C/C(=N/NC1CCOCC1)[C@H](C)c1cc2nn(C)cc2c(OC(C)C2CNC(=O)C2)n1. The average molecular weight is 429 g/mol. The molecule has 0 bridgehead atoms. The van der Waals surface area contributed by atoms with Crippen LogP contribution in [0.25, 0.3) is 10.9 Å². The van der Waals surface area contributed by atoms with E-state index >= 15 is 0 Å². The fourth-order valence-corrected chi connectivity index (χ4v) is 4.00. The number of carbonyl (C=O) groups is 1. The maximum absolute atomic E-state index is 11.6. The minimum absolute atomic E-state index is 0.00567. The van der Waals surface area contributed by atoms with Crippen LogP contribution in [-0.4, -0.2) is 58.3 Å². The first kappa shape index (κ1) is 21.5. The molecule has 0 spiro atoms. The molecule has 0 radical (unpaired) electrons. The summed E-state index contributed by atoms with van der Waals surface area (Å²) in [5.41, 5.74) is 5.95. The van der Waals surface area contributed by atoms with Crippen LogP contribution in [0.1, 0.15) is 51.6 Å². The second kappa shape index (κ2) is 9.21. The summed E-state index contributed by atoms with van der Waals surface area (Å²) in [6.07, 6.45) is 4.21. The largest absolute Gasteiger partial charge is 0.474 e. The summed E-state index contributed by atoms with van der Waals surface area (Å²) in [6.45, 7) is 8.29. The molecule has 4 rings (SSSR count). The van der Waals surface area contributed by atoms with Crippen molar-refractivity contribution in [2.24, 2.45) is 18.1 Å². The number of hydrogen-bond acceptors (Lipinski definition) is 7. The number of hydrazone groups is 1. The number of rotatable bonds is 7. The smallest absolute Gasteiger partial charge is 0.225 e. The van der Waals surface area contributed by atoms with E-state index in [1.807, 2.05) is 33.2 Å². The maximum atomic E-state index is 11.6. The molecule has 4 heterocycles. The molecule has 1 amide bonds. The van der Waals surface area contributed by atoms with Gasteiger partial charge in [-0.3, -0.25) is 9.48 Å². The van der Waals surface area contributed by atoms with Gasteiger partial charge in [-0.25, -0.2) is 4.98 Å². The lowest BCUT2D eigenvalue weighted by molar-refractivity contribution is -0.119. The molecule has 0 aliphatic carbocycles. The van der Waals surface area contributed by atoms with Crippen molar-refractivity contribution in [2.75, 3.05) is 19.8 Å². The molecule has 31 heavy (non-hydrogen) atoms. The summed E-state index contributed by atoms with van der Waals surface area (Å²) >= 11 is 0. The van der Waals surface area contributed by atoms with E-state index in [0.717, 1.165) is 48.4 Å². The van der Waals surface area contributed by atoms with Gasteiger partial charge < -0.3 is 20.2 Å². The van der Waals surface area contributed by atoms with Gasteiger partial charge in [0, 0.05) is 63.0 Å². The quantitative estimate of drug-likeness (QED) is 0.517. The van der Waals surface area contributed by atoms with Crippen molar-refractivity contribution in [2.45, 2.75) is 58.1 Å². The number of aromatic nitrogens is 3. The Morgan fingerprint density at radius 1 is 1.39 bits per heavy atom. The van der Waals surface area contributed by atoms with Gasteiger partial charge in [-0.05, 0) is 32.8 Å². The third-order valence-electron chi connectivity index (χ3n) is 6.29. The average Bonchev–Trinajstić information content (AvgIpc) is 3.37. The van der Waals surface area contributed by atoms with E-state index in [1.165, 1.54) is 0 Å². The molecule has 2 saturated heterocycles. The predicted molar refractivity (Wildman–Crippen MR) is 118 cm³/mol. The summed E-state index contributed by atoms with van der Waals surface area (Å²) < 4.78 is 13.5. The Morgan fingerprint density at radius 2 is 2.16 bits per heavy atom. The minimum Gasteiger partial charge on any atom is -0.474 e. The minimum atomic E-state index is -0.134. The van der Waals surface area contributed by atoms with Crippen molar-refractivity contribution in [1.82, 2.24) is 25.5 Å². The molecule has 3 atom stereocenters. The highest BCUT2D eigenvalue weighted by Gasteiger charge is 2.29. The first-order chi connectivity index (χ1) is 14.9. The summed E-state index contributed by atoms with van der Waals surface area (Å²) in [7, 11) is 1.89. The second-order valence-corrected chi connectivity index (χ2v) is 8.67. The molecule has 0 saturated carbocycles. The Morgan fingerprint density at radius 3 is 2.87 bits per heavy atom. The number of hydrogen-bond donors (Lipinski definition) is 2. The van der Waals surface area contributed by atoms with Crippen LogP contribution in [0.4, 0.5) is 0 Å². The molecule has 2 aliphatic heterocycles. The fourth-order valence-electron chi connectivity index (χ4n) is 4.00. The van der Waals surface area contributed by atoms with Gasteiger partial charge in [-0.1, -0.05) is 6.92 Å². The van der Waals surface area contributed by atoms with E-state index in [9.17, 15) is 4.79 Å². The lowest BCUT2D eigenvalue weighted by Gasteiger charge is -2.23. The summed E-state index contributed by atoms with van der Waals surface area (Å²) in [5, 5.41) is 13.0. The van der Waals surface area contributed by atoms with Crippen LogP contribution in [-0.2, 0) is 16.6 Å². The van der Waals surface area contributed by atoms with Crippen molar-refractivity contribution in [1.29, 1.82) is 0 Å². The molecule has 9 heteroatoms. The third kappa shape index (κ3) is 4.98. The molecule has 2 fully saturated rings. The molecule has 2 N–H and O–H groups in total. The highest BCUT2D eigenvalue weighted by Crippen LogP contribution is 2.29. The molecule has 9 nitrogen and oxygen atoms in total. The summed E-state index contributed by atoms with van der Waals surface area (Å²) in [5.74, 6) is 0.774. The van der Waals surface area contributed by atoms with Crippen LogP contribution in [0.3, 0.4) is 0 Å². The van der Waals surface area contributed by atoms with E-state index in [-0.39, 0.29) is 23.8 Å². The molecule has 2 aliphatic rings. The number of ether oxygens (including phenoxy) is 2. The fraction of sp³-hybridized carbons (Fsp3) is 0.636. The Bertz CT molecular complexity index is 966. The molecular weight excluding hydrogens is 396 g/mol. The van der Waals surface area contributed by atoms with Crippen LogP contribution >= 0.6 is 0 Å². The molecular formula is C22H32N6O3. The van der Waals surface area contributed by atoms with Crippen LogP contribution in [0.5, 0.6) is 5.88 Å². The van der Waals surface area contributed by atoms with Gasteiger partial charge in [0.1, 0.15) is 6.10 Å².